The summed E-state index contributed by atoms with van der Waals surface area (Å²) in [5.74, 6) is 0. The SMILES string of the molecule is N#CC1=CCCC(S)=C1. The monoisotopic (exact) mass is 137 g/mol. The van der Waals surface area contributed by atoms with Gasteiger partial charge in [-0.1, -0.05) is 6.08 Å². The lowest BCUT2D eigenvalue weighted by molar-refractivity contribution is 1.01. The molecule has 0 aromatic heterocycles. The van der Waals surface area contributed by atoms with Crippen molar-refractivity contribution in [3.05, 3.63) is 22.6 Å². The third-order valence-electron chi connectivity index (χ3n) is 1.22. The summed E-state index contributed by atoms with van der Waals surface area (Å²) in [5.41, 5.74) is 0.742. The third kappa shape index (κ3) is 1.62. The molecule has 0 spiro atoms. The van der Waals surface area contributed by atoms with Crippen molar-refractivity contribution in [3.63, 3.8) is 0 Å². The van der Waals surface area contributed by atoms with Crippen LogP contribution < -0.4 is 0 Å². The van der Waals surface area contributed by atoms with Crippen molar-refractivity contribution in [3.8, 4) is 6.07 Å². The fourth-order valence-corrected chi connectivity index (χ4v) is 1.03. The van der Waals surface area contributed by atoms with Crippen molar-refractivity contribution in [1.29, 1.82) is 5.26 Å². The Morgan fingerprint density at radius 2 is 2.44 bits per heavy atom. The molecular weight excluding hydrogens is 130 g/mol. The minimum absolute atomic E-state index is 0.742. The summed E-state index contributed by atoms with van der Waals surface area (Å²) >= 11 is 4.14. The van der Waals surface area contributed by atoms with Gasteiger partial charge in [0.25, 0.3) is 0 Å². The van der Waals surface area contributed by atoms with Crippen molar-refractivity contribution < 1.29 is 0 Å². The molecule has 1 aliphatic rings. The van der Waals surface area contributed by atoms with Gasteiger partial charge in [-0.2, -0.15) is 5.26 Å². The van der Waals surface area contributed by atoms with Crippen LogP contribution in [0, 0.1) is 11.3 Å². The largest absolute Gasteiger partial charge is 0.192 e. The Labute approximate surface area is 60.1 Å². The lowest BCUT2D eigenvalue weighted by Crippen LogP contribution is -1.84. The summed E-state index contributed by atoms with van der Waals surface area (Å²) in [5, 5.41) is 8.41. The van der Waals surface area contributed by atoms with Gasteiger partial charge in [0.05, 0.1) is 6.07 Å². The van der Waals surface area contributed by atoms with E-state index in [-0.39, 0.29) is 0 Å². The Morgan fingerprint density at radius 3 is 2.89 bits per heavy atom. The Hall–Kier alpha value is -0.680. The highest BCUT2D eigenvalue weighted by molar-refractivity contribution is 7.84. The molecule has 0 saturated heterocycles. The van der Waals surface area contributed by atoms with E-state index in [1.165, 1.54) is 0 Å². The van der Waals surface area contributed by atoms with E-state index in [1.54, 1.807) is 0 Å². The van der Waals surface area contributed by atoms with Crippen molar-refractivity contribution in [2.45, 2.75) is 12.8 Å². The molecule has 0 bridgehead atoms. The number of nitriles is 1. The zero-order valence-corrected chi connectivity index (χ0v) is 5.86. The Morgan fingerprint density at radius 1 is 1.67 bits per heavy atom. The van der Waals surface area contributed by atoms with Crippen LogP contribution in [0.25, 0.3) is 0 Å². The van der Waals surface area contributed by atoms with Gasteiger partial charge in [-0.25, -0.2) is 0 Å². The summed E-state index contributed by atoms with van der Waals surface area (Å²) < 4.78 is 0. The summed E-state index contributed by atoms with van der Waals surface area (Å²) in [7, 11) is 0. The minimum atomic E-state index is 0.742. The van der Waals surface area contributed by atoms with E-state index < -0.39 is 0 Å². The van der Waals surface area contributed by atoms with Gasteiger partial charge in [0.2, 0.25) is 0 Å². The fourth-order valence-electron chi connectivity index (χ4n) is 0.764. The molecule has 0 aromatic carbocycles. The number of hydrogen-bond donors (Lipinski definition) is 1. The fraction of sp³-hybridized carbons (Fsp3) is 0.286. The molecule has 0 saturated carbocycles. The maximum atomic E-state index is 8.41. The van der Waals surface area contributed by atoms with Crippen LogP contribution in [0.1, 0.15) is 12.8 Å². The molecule has 1 nitrogen and oxygen atoms in total. The second-order valence-corrected chi connectivity index (χ2v) is 2.52. The molecule has 2 heteroatoms. The Bertz CT molecular complexity index is 207. The number of nitrogens with zero attached hydrogens (tertiary/aromatic N) is 1. The molecular formula is C7H7NS. The van der Waals surface area contributed by atoms with Crippen LogP contribution in [-0.2, 0) is 0 Å². The predicted octanol–water partition coefficient (Wildman–Crippen LogP) is 2.04. The van der Waals surface area contributed by atoms with Crippen molar-refractivity contribution in [2.24, 2.45) is 0 Å². The normalized spacial score (nSPS) is 17.8. The molecule has 0 heterocycles. The first-order chi connectivity index (χ1) is 4.33. The Balaban J connectivity index is 2.78. The molecule has 0 atom stereocenters. The highest BCUT2D eigenvalue weighted by Crippen LogP contribution is 2.18. The van der Waals surface area contributed by atoms with Crippen molar-refractivity contribution >= 4 is 12.6 Å². The maximum absolute atomic E-state index is 8.41. The zero-order valence-electron chi connectivity index (χ0n) is 4.96. The second kappa shape index (κ2) is 2.75. The third-order valence-corrected chi connectivity index (χ3v) is 1.57. The molecule has 0 unspecified atom stereocenters. The van der Waals surface area contributed by atoms with Gasteiger partial charge < -0.3 is 0 Å². The van der Waals surface area contributed by atoms with E-state index in [2.05, 4.69) is 18.7 Å². The van der Waals surface area contributed by atoms with E-state index in [4.69, 9.17) is 5.26 Å². The van der Waals surface area contributed by atoms with Crippen LogP contribution in [-0.4, -0.2) is 0 Å². The predicted molar refractivity (Wildman–Crippen MR) is 40.0 cm³/mol. The lowest BCUT2D eigenvalue weighted by Gasteiger charge is -2.01. The average molecular weight is 137 g/mol. The average Bonchev–Trinajstić information content (AvgIpc) is 1.88. The summed E-state index contributed by atoms with van der Waals surface area (Å²) in [6, 6.07) is 2.07. The minimum Gasteiger partial charge on any atom is -0.192 e. The first-order valence-corrected chi connectivity index (χ1v) is 3.27. The van der Waals surface area contributed by atoms with Crippen LogP contribution in [0.5, 0.6) is 0 Å². The standard InChI is InChI=1S/C7H7NS/c8-5-6-2-1-3-7(9)4-6/h2,4,9H,1,3H2. The van der Waals surface area contributed by atoms with Crippen LogP contribution in [0.3, 0.4) is 0 Å². The molecule has 1 rings (SSSR count). The molecule has 0 aromatic rings. The zero-order chi connectivity index (χ0) is 6.69. The van der Waals surface area contributed by atoms with Crippen molar-refractivity contribution in [1.82, 2.24) is 0 Å². The van der Waals surface area contributed by atoms with E-state index >= 15 is 0 Å². The highest BCUT2D eigenvalue weighted by Gasteiger charge is 1.99. The van der Waals surface area contributed by atoms with Gasteiger partial charge in [0.1, 0.15) is 0 Å². The first-order valence-electron chi connectivity index (χ1n) is 2.83. The molecule has 46 valence electrons. The van der Waals surface area contributed by atoms with Gasteiger partial charge in [0, 0.05) is 5.57 Å². The van der Waals surface area contributed by atoms with Gasteiger partial charge in [-0.15, -0.1) is 12.6 Å². The van der Waals surface area contributed by atoms with E-state index in [9.17, 15) is 0 Å². The molecule has 0 amide bonds. The lowest BCUT2D eigenvalue weighted by atomic mass is 10.1. The van der Waals surface area contributed by atoms with E-state index in [0.29, 0.717) is 0 Å². The topological polar surface area (TPSA) is 23.8 Å². The van der Waals surface area contributed by atoms with Gasteiger partial charge in [-0.3, -0.25) is 0 Å². The summed E-state index contributed by atoms with van der Waals surface area (Å²) in [4.78, 5) is 1.01. The molecule has 0 fully saturated rings. The molecule has 0 aliphatic heterocycles. The molecule has 9 heavy (non-hydrogen) atoms. The second-order valence-electron chi connectivity index (χ2n) is 1.95. The van der Waals surface area contributed by atoms with Crippen molar-refractivity contribution in [2.75, 3.05) is 0 Å². The van der Waals surface area contributed by atoms with Crippen LogP contribution in [0.4, 0.5) is 0 Å². The molecule has 0 radical (unpaired) electrons. The molecule has 1 aliphatic carbocycles. The number of hydrogen-bond acceptors (Lipinski definition) is 2. The van der Waals surface area contributed by atoms with Crippen LogP contribution >= 0.6 is 12.6 Å². The highest BCUT2D eigenvalue weighted by atomic mass is 32.1. The smallest absolute Gasteiger partial charge is 0.0988 e. The van der Waals surface area contributed by atoms with Gasteiger partial charge in [-0.05, 0) is 23.8 Å². The van der Waals surface area contributed by atoms with E-state index in [0.717, 1.165) is 23.3 Å². The summed E-state index contributed by atoms with van der Waals surface area (Å²) in [6.07, 6.45) is 5.68. The van der Waals surface area contributed by atoms with Gasteiger partial charge >= 0.3 is 0 Å². The van der Waals surface area contributed by atoms with Gasteiger partial charge in [0.15, 0.2) is 0 Å². The number of thiol groups is 1. The maximum Gasteiger partial charge on any atom is 0.0988 e. The first kappa shape index (κ1) is 6.44. The quantitative estimate of drug-likeness (QED) is 0.507. The Kier molecular flexibility index (Phi) is 1.96. The van der Waals surface area contributed by atoms with Crippen LogP contribution in [0.2, 0.25) is 0 Å². The molecule has 0 N–H and O–H groups in total. The number of allylic oxidation sites excluding steroid dienone is 4. The number of rotatable bonds is 0. The summed E-state index contributed by atoms with van der Waals surface area (Å²) in [6.45, 7) is 0. The van der Waals surface area contributed by atoms with E-state index in [1.807, 2.05) is 12.2 Å². The van der Waals surface area contributed by atoms with Crippen LogP contribution in [0.15, 0.2) is 22.6 Å².